The molecule has 0 spiro atoms. The number of carbonyl (C=O) groups excluding carboxylic acids is 1. The highest BCUT2D eigenvalue weighted by molar-refractivity contribution is 7.99. The van der Waals surface area contributed by atoms with Crippen molar-refractivity contribution in [3.8, 4) is 0 Å². The molecular formula is C12H20N2OS. The van der Waals surface area contributed by atoms with Crippen LogP contribution in [0.5, 0.6) is 0 Å². The maximum absolute atomic E-state index is 11.9. The van der Waals surface area contributed by atoms with Gasteiger partial charge in [0.2, 0.25) is 0 Å². The van der Waals surface area contributed by atoms with Gasteiger partial charge in [0.1, 0.15) is 11.5 Å². The third-order valence-corrected chi connectivity index (χ3v) is 3.31. The van der Waals surface area contributed by atoms with E-state index in [0.29, 0.717) is 5.70 Å². The highest BCUT2D eigenvalue weighted by atomic mass is 32.2. The molecule has 1 unspecified atom stereocenters. The zero-order chi connectivity index (χ0) is 12.5. The molecule has 0 radical (unpaired) electrons. The zero-order valence-electron chi connectivity index (χ0n) is 10.9. The van der Waals surface area contributed by atoms with Gasteiger partial charge in [-0.2, -0.15) is 11.8 Å². The summed E-state index contributed by atoms with van der Waals surface area (Å²) in [5.41, 5.74) is 0.554. The van der Waals surface area contributed by atoms with Gasteiger partial charge in [-0.25, -0.2) is 4.99 Å². The van der Waals surface area contributed by atoms with Gasteiger partial charge >= 0.3 is 0 Å². The summed E-state index contributed by atoms with van der Waals surface area (Å²) in [6.45, 7) is 8.27. The molecule has 3 nitrogen and oxygen atoms in total. The van der Waals surface area contributed by atoms with E-state index in [-0.39, 0.29) is 16.6 Å². The molecule has 0 saturated carbocycles. The van der Waals surface area contributed by atoms with Crippen molar-refractivity contribution in [1.29, 1.82) is 0 Å². The number of rotatable bonds is 2. The van der Waals surface area contributed by atoms with Crippen molar-refractivity contribution in [3.05, 3.63) is 11.8 Å². The van der Waals surface area contributed by atoms with Crippen LogP contribution in [0, 0.1) is 5.41 Å². The fourth-order valence-corrected chi connectivity index (χ4v) is 1.92. The van der Waals surface area contributed by atoms with Crippen LogP contribution >= 0.6 is 11.8 Å². The van der Waals surface area contributed by atoms with E-state index in [2.05, 4.69) is 32.7 Å². The highest BCUT2D eigenvalue weighted by Crippen LogP contribution is 2.25. The molecule has 1 amide bonds. The van der Waals surface area contributed by atoms with Crippen LogP contribution in [0.3, 0.4) is 0 Å². The van der Waals surface area contributed by atoms with Crippen LogP contribution in [-0.2, 0) is 4.79 Å². The minimum Gasteiger partial charge on any atom is -0.297 e. The molecule has 0 aliphatic carbocycles. The fraction of sp³-hybridized carbons (Fsp3) is 0.667. The largest absolute Gasteiger partial charge is 0.297 e. The average molecular weight is 240 g/mol. The Morgan fingerprint density at radius 2 is 2.00 bits per heavy atom. The summed E-state index contributed by atoms with van der Waals surface area (Å²) in [5.74, 6) is 0.860. The van der Waals surface area contributed by atoms with E-state index in [1.807, 2.05) is 12.3 Å². The molecule has 0 N–H and O–H groups in total. The topological polar surface area (TPSA) is 32.7 Å². The Kier molecular flexibility index (Phi) is 3.84. The van der Waals surface area contributed by atoms with Gasteiger partial charge in [0.05, 0.1) is 5.25 Å². The lowest BCUT2D eigenvalue weighted by Gasteiger charge is -2.16. The predicted octanol–water partition coefficient (Wildman–Crippen LogP) is 2.54. The minimum atomic E-state index is -0.0205. The number of carbonyl (C=O) groups is 1. The summed E-state index contributed by atoms with van der Waals surface area (Å²) in [5, 5.41) is 0.250. The summed E-state index contributed by atoms with van der Waals surface area (Å²) in [6, 6.07) is 0. The smallest absolute Gasteiger partial charge is 0.277 e. The molecule has 0 aromatic rings. The van der Waals surface area contributed by atoms with E-state index in [1.54, 1.807) is 23.7 Å². The summed E-state index contributed by atoms with van der Waals surface area (Å²) in [4.78, 5) is 18.0. The van der Waals surface area contributed by atoms with Crippen LogP contribution in [0.25, 0.3) is 0 Å². The van der Waals surface area contributed by atoms with E-state index in [4.69, 9.17) is 0 Å². The van der Waals surface area contributed by atoms with E-state index < -0.39 is 0 Å². The van der Waals surface area contributed by atoms with Gasteiger partial charge in [-0.3, -0.25) is 9.69 Å². The first-order valence-corrected chi connectivity index (χ1v) is 6.67. The summed E-state index contributed by atoms with van der Waals surface area (Å²) < 4.78 is 0. The Balaban J connectivity index is 3.04. The second kappa shape index (κ2) is 4.62. The van der Waals surface area contributed by atoms with E-state index >= 15 is 0 Å². The second-order valence-corrected chi connectivity index (χ2v) is 6.29. The van der Waals surface area contributed by atoms with Crippen LogP contribution in [-0.4, -0.2) is 35.2 Å². The first kappa shape index (κ1) is 13.3. The first-order chi connectivity index (χ1) is 7.26. The molecule has 4 heteroatoms. The standard InChI is InChI=1S/C12H20N2OS/c1-8(16-6)10-13-9(7-12(2,3)4)11(15)14(10)5/h7-8H,1-6H3/b9-7-. The lowest BCUT2D eigenvalue weighted by atomic mass is 9.95. The number of allylic oxidation sites excluding steroid dienone is 1. The molecule has 1 aliphatic heterocycles. The van der Waals surface area contributed by atoms with Crippen molar-refractivity contribution in [1.82, 2.24) is 4.90 Å². The quantitative estimate of drug-likeness (QED) is 0.695. The molecule has 90 valence electrons. The fourth-order valence-electron chi connectivity index (χ4n) is 1.50. The van der Waals surface area contributed by atoms with Gasteiger partial charge in [-0.1, -0.05) is 20.8 Å². The third-order valence-electron chi connectivity index (χ3n) is 2.39. The lowest BCUT2D eigenvalue weighted by Crippen LogP contribution is -2.33. The van der Waals surface area contributed by atoms with Crippen LogP contribution in [0.15, 0.2) is 16.8 Å². The lowest BCUT2D eigenvalue weighted by molar-refractivity contribution is -0.121. The zero-order valence-corrected chi connectivity index (χ0v) is 11.7. The molecule has 0 bridgehead atoms. The number of aliphatic imine (C=N–C) groups is 1. The molecule has 1 rings (SSSR count). The van der Waals surface area contributed by atoms with Gasteiger partial charge < -0.3 is 0 Å². The van der Waals surface area contributed by atoms with Gasteiger partial charge in [0.15, 0.2) is 0 Å². The Morgan fingerprint density at radius 1 is 1.44 bits per heavy atom. The predicted molar refractivity (Wildman–Crippen MR) is 70.7 cm³/mol. The van der Waals surface area contributed by atoms with Crippen LogP contribution in [0.1, 0.15) is 27.7 Å². The van der Waals surface area contributed by atoms with Crippen LogP contribution in [0.2, 0.25) is 0 Å². The van der Waals surface area contributed by atoms with Crippen molar-refractivity contribution in [2.45, 2.75) is 32.9 Å². The Bertz CT molecular complexity index is 353. The van der Waals surface area contributed by atoms with E-state index in [0.717, 1.165) is 5.84 Å². The molecule has 1 atom stereocenters. The molecule has 16 heavy (non-hydrogen) atoms. The number of hydrogen-bond acceptors (Lipinski definition) is 3. The molecule has 1 heterocycles. The Hall–Kier alpha value is -0.770. The molecule has 1 aliphatic rings. The normalized spacial score (nSPS) is 21.6. The minimum absolute atomic E-state index is 0.00539. The Morgan fingerprint density at radius 3 is 2.44 bits per heavy atom. The number of amidine groups is 1. The van der Waals surface area contributed by atoms with Crippen molar-refractivity contribution >= 4 is 23.5 Å². The third kappa shape index (κ3) is 2.88. The molecule has 0 aromatic heterocycles. The summed E-state index contributed by atoms with van der Waals surface area (Å²) in [6.07, 6.45) is 3.96. The van der Waals surface area contributed by atoms with Crippen molar-refractivity contribution in [2.75, 3.05) is 13.3 Å². The first-order valence-electron chi connectivity index (χ1n) is 5.38. The monoisotopic (exact) mass is 240 g/mol. The van der Waals surface area contributed by atoms with Crippen LogP contribution in [0.4, 0.5) is 0 Å². The highest BCUT2D eigenvalue weighted by Gasteiger charge is 2.30. The maximum Gasteiger partial charge on any atom is 0.277 e. The van der Waals surface area contributed by atoms with Crippen molar-refractivity contribution in [3.63, 3.8) is 0 Å². The van der Waals surface area contributed by atoms with Gasteiger partial charge in [-0.05, 0) is 24.7 Å². The van der Waals surface area contributed by atoms with Gasteiger partial charge in [0, 0.05) is 7.05 Å². The second-order valence-electron chi connectivity index (χ2n) is 5.11. The summed E-state index contributed by atoms with van der Waals surface area (Å²) >= 11 is 1.70. The number of amides is 1. The van der Waals surface area contributed by atoms with E-state index in [1.165, 1.54) is 0 Å². The SMILES string of the molecule is CSC(C)C1=N/C(=C\C(C)(C)C)C(=O)N1C. The number of thioether (sulfide) groups is 1. The number of hydrogen-bond donors (Lipinski definition) is 0. The van der Waals surface area contributed by atoms with E-state index in [9.17, 15) is 4.79 Å². The summed E-state index contributed by atoms with van der Waals surface area (Å²) in [7, 11) is 1.79. The molecule has 0 fully saturated rings. The molecule has 0 aromatic carbocycles. The Labute approximate surface area is 102 Å². The maximum atomic E-state index is 11.9. The van der Waals surface area contributed by atoms with Crippen LogP contribution < -0.4 is 0 Å². The molecule has 0 saturated heterocycles. The average Bonchev–Trinajstić information content (AvgIpc) is 2.43. The van der Waals surface area contributed by atoms with Crippen molar-refractivity contribution < 1.29 is 4.79 Å². The van der Waals surface area contributed by atoms with Gasteiger partial charge in [0.25, 0.3) is 5.91 Å². The van der Waals surface area contributed by atoms with Crippen molar-refractivity contribution in [2.24, 2.45) is 10.4 Å². The number of likely N-dealkylation sites (N-methyl/N-ethyl adjacent to an activating group) is 1. The van der Waals surface area contributed by atoms with Gasteiger partial charge in [-0.15, -0.1) is 0 Å². The molecular weight excluding hydrogens is 220 g/mol. The number of nitrogens with zero attached hydrogens (tertiary/aromatic N) is 2.